The molecule has 3 N–H and O–H groups in total. The van der Waals surface area contributed by atoms with Crippen molar-refractivity contribution < 1.29 is 9.59 Å². The first kappa shape index (κ1) is 13.9. The minimum absolute atomic E-state index is 0.246. The van der Waals surface area contributed by atoms with E-state index in [1.807, 2.05) is 0 Å². The van der Waals surface area contributed by atoms with E-state index in [1.165, 1.54) is 7.05 Å². The third kappa shape index (κ3) is 4.70. The molecule has 0 aromatic carbocycles. The predicted octanol–water partition coefficient (Wildman–Crippen LogP) is -0.484. The monoisotopic (exact) mass is 242 g/mol. The molecular weight excluding hydrogens is 220 g/mol. The summed E-state index contributed by atoms with van der Waals surface area (Å²) in [5.41, 5.74) is 0. The standard InChI is InChI=1S/C11H22N4O2/c1-3-6-15(9-4-5-13-7-9)8-10(16)14-11(17)12-2/h9,13H,3-8H2,1-2H3,(H2,12,14,16,17). The highest BCUT2D eigenvalue weighted by molar-refractivity contribution is 5.95. The Hall–Kier alpha value is -1.14. The van der Waals surface area contributed by atoms with Gasteiger partial charge in [-0.2, -0.15) is 0 Å². The Kier molecular flexibility index (Phi) is 5.93. The van der Waals surface area contributed by atoms with Gasteiger partial charge in [-0.15, -0.1) is 0 Å². The second-order valence-corrected chi connectivity index (χ2v) is 4.24. The number of imide groups is 1. The number of urea groups is 1. The Bertz CT molecular complexity index is 264. The van der Waals surface area contributed by atoms with E-state index in [-0.39, 0.29) is 12.5 Å². The van der Waals surface area contributed by atoms with Crippen LogP contribution in [0.1, 0.15) is 19.8 Å². The molecule has 1 aliphatic heterocycles. The van der Waals surface area contributed by atoms with Gasteiger partial charge in [-0.3, -0.25) is 15.0 Å². The number of hydrogen-bond acceptors (Lipinski definition) is 4. The van der Waals surface area contributed by atoms with Gasteiger partial charge in [0.25, 0.3) is 0 Å². The van der Waals surface area contributed by atoms with E-state index in [2.05, 4.69) is 27.8 Å². The van der Waals surface area contributed by atoms with Gasteiger partial charge in [0.05, 0.1) is 6.54 Å². The van der Waals surface area contributed by atoms with Crippen LogP contribution in [-0.2, 0) is 4.79 Å². The normalized spacial score (nSPS) is 19.4. The van der Waals surface area contributed by atoms with E-state index < -0.39 is 6.03 Å². The molecule has 0 bridgehead atoms. The molecular formula is C11H22N4O2. The second-order valence-electron chi connectivity index (χ2n) is 4.24. The highest BCUT2D eigenvalue weighted by atomic mass is 16.2. The summed E-state index contributed by atoms with van der Waals surface area (Å²) in [4.78, 5) is 24.8. The van der Waals surface area contributed by atoms with Crippen LogP contribution in [0.5, 0.6) is 0 Å². The second kappa shape index (κ2) is 7.24. The van der Waals surface area contributed by atoms with Crippen LogP contribution in [0.3, 0.4) is 0 Å². The Balaban J connectivity index is 2.42. The summed E-state index contributed by atoms with van der Waals surface area (Å²) in [6.07, 6.45) is 2.07. The molecule has 6 nitrogen and oxygen atoms in total. The van der Waals surface area contributed by atoms with Crippen molar-refractivity contribution in [1.82, 2.24) is 20.9 Å². The number of nitrogens with one attached hydrogen (secondary N) is 3. The molecule has 0 aromatic rings. The zero-order valence-corrected chi connectivity index (χ0v) is 10.6. The molecule has 1 heterocycles. The average Bonchev–Trinajstić information content (AvgIpc) is 2.81. The number of hydrogen-bond donors (Lipinski definition) is 3. The van der Waals surface area contributed by atoms with Crippen LogP contribution < -0.4 is 16.0 Å². The number of carbonyl (C=O) groups excluding carboxylic acids is 2. The number of amides is 3. The Morgan fingerprint density at radius 1 is 1.47 bits per heavy atom. The van der Waals surface area contributed by atoms with Crippen molar-refractivity contribution in [1.29, 1.82) is 0 Å². The van der Waals surface area contributed by atoms with E-state index in [0.717, 1.165) is 32.5 Å². The SMILES string of the molecule is CCCN(CC(=O)NC(=O)NC)C1CCNC1. The van der Waals surface area contributed by atoms with Crippen LogP contribution in [-0.4, -0.2) is 56.1 Å². The smallest absolute Gasteiger partial charge is 0.321 e. The molecule has 1 atom stereocenters. The van der Waals surface area contributed by atoms with E-state index >= 15 is 0 Å². The number of nitrogens with zero attached hydrogens (tertiary/aromatic N) is 1. The first-order chi connectivity index (χ1) is 8.17. The van der Waals surface area contributed by atoms with Crippen LogP contribution in [0.4, 0.5) is 4.79 Å². The Labute approximate surface area is 102 Å². The molecule has 1 fully saturated rings. The van der Waals surface area contributed by atoms with Crippen LogP contribution >= 0.6 is 0 Å². The summed E-state index contributed by atoms with van der Waals surface area (Å²) in [5, 5.41) is 7.94. The van der Waals surface area contributed by atoms with Crippen molar-refractivity contribution in [3.8, 4) is 0 Å². The maximum absolute atomic E-state index is 11.6. The van der Waals surface area contributed by atoms with Crippen molar-refractivity contribution in [2.24, 2.45) is 0 Å². The number of rotatable bonds is 5. The Morgan fingerprint density at radius 3 is 2.76 bits per heavy atom. The van der Waals surface area contributed by atoms with Gasteiger partial charge in [0.1, 0.15) is 0 Å². The van der Waals surface area contributed by atoms with Gasteiger partial charge in [-0.05, 0) is 25.9 Å². The maximum Gasteiger partial charge on any atom is 0.321 e. The summed E-state index contributed by atoms with van der Waals surface area (Å²) in [6, 6.07) is -0.0404. The lowest BCUT2D eigenvalue weighted by Gasteiger charge is -2.26. The molecule has 0 aliphatic carbocycles. The fraction of sp³-hybridized carbons (Fsp3) is 0.818. The largest absolute Gasteiger partial charge is 0.341 e. The molecule has 1 unspecified atom stereocenters. The van der Waals surface area contributed by atoms with Crippen molar-refractivity contribution in [2.45, 2.75) is 25.8 Å². The van der Waals surface area contributed by atoms with Crippen LogP contribution in [0.25, 0.3) is 0 Å². The predicted molar refractivity (Wildman–Crippen MR) is 65.7 cm³/mol. The van der Waals surface area contributed by atoms with Crippen LogP contribution in [0.2, 0.25) is 0 Å². The zero-order valence-electron chi connectivity index (χ0n) is 10.6. The highest BCUT2D eigenvalue weighted by Gasteiger charge is 2.23. The molecule has 1 aliphatic rings. The molecule has 0 spiro atoms. The summed E-state index contributed by atoms with van der Waals surface area (Å²) in [6.45, 7) is 5.18. The topological polar surface area (TPSA) is 73.5 Å². The minimum Gasteiger partial charge on any atom is -0.341 e. The molecule has 98 valence electrons. The van der Waals surface area contributed by atoms with E-state index in [9.17, 15) is 9.59 Å². The van der Waals surface area contributed by atoms with Gasteiger partial charge < -0.3 is 10.6 Å². The lowest BCUT2D eigenvalue weighted by atomic mass is 10.2. The van der Waals surface area contributed by atoms with Gasteiger partial charge in [0.15, 0.2) is 0 Å². The van der Waals surface area contributed by atoms with Gasteiger partial charge >= 0.3 is 6.03 Å². The van der Waals surface area contributed by atoms with Crippen molar-refractivity contribution in [3.05, 3.63) is 0 Å². The summed E-state index contributed by atoms with van der Waals surface area (Å²) in [7, 11) is 1.49. The molecule has 1 rings (SSSR count). The summed E-state index contributed by atoms with van der Waals surface area (Å²) < 4.78 is 0. The van der Waals surface area contributed by atoms with Gasteiger partial charge in [-0.25, -0.2) is 4.79 Å². The summed E-state index contributed by atoms with van der Waals surface area (Å²) >= 11 is 0. The summed E-state index contributed by atoms with van der Waals surface area (Å²) in [5.74, 6) is -0.246. The fourth-order valence-electron chi connectivity index (χ4n) is 2.04. The molecule has 1 saturated heterocycles. The molecule has 0 aromatic heterocycles. The van der Waals surface area contributed by atoms with Crippen LogP contribution in [0, 0.1) is 0 Å². The maximum atomic E-state index is 11.6. The molecule has 3 amide bonds. The third-order valence-electron chi connectivity index (χ3n) is 2.89. The quantitative estimate of drug-likeness (QED) is 0.608. The number of carbonyl (C=O) groups is 2. The average molecular weight is 242 g/mol. The zero-order chi connectivity index (χ0) is 12.7. The lowest BCUT2D eigenvalue weighted by Crippen LogP contribution is -2.47. The minimum atomic E-state index is -0.448. The van der Waals surface area contributed by atoms with E-state index in [1.54, 1.807) is 0 Å². The Morgan fingerprint density at radius 2 is 2.24 bits per heavy atom. The molecule has 6 heteroatoms. The van der Waals surface area contributed by atoms with E-state index in [4.69, 9.17) is 0 Å². The highest BCUT2D eigenvalue weighted by Crippen LogP contribution is 2.08. The van der Waals surface area contributed by atoms with Gasteiger partial charge in [0.2, 0.25) is 5.91 Å². The first-order valence-corrected chi connectivity index (χ1v) is 6.13. The van der Waals surface area contributed by atoms with Crippen molar-refractivity contribution in [3.63, 3.8) is 0 Å². The molecule has 0 radical (unpaired) electrons. The van der Waals surface area contributed by atoms with E-state index in [0.29, 0.717) is 6.04 Å². The molecule has 0 saturated carbocycles. The van der Waals surface area contributed by atoms with Crippen molar-refractivity contribution in [2.75, 3.05) is 33.2 Å². The van der Waals surface area contributed by atoms with Crippen LogP contribution in [0.15, 0.2) is 0 Å². The van der Waals surface area contributed by atoms with Gasteiger partial charge in [0, 0.05) is 19.6 Å². The third-order valence-corrected chi connectivity index (χ3v) is 2.89. The lowest BCUT2D eigenvalue weighted by molar-refractivity contribution is -0.121. The molecule has 17 heavy (non-hydrogen) atoms. The first-order valence-electron chi connectivity index (χ1n) is 6.13. The fourth-order valence-corrected chi connectivity index (χ4v) is 2.04. The van der Waals surface area contributed by atoms with Gasteiger partial charge in [-0.1, -0.05) is 6.92 Å². The van der Waals surface area contributed by atoms with Crippen molar-refractivity contribution >= 4 is 11.9 Å².